The van der Waals surface area contributed by atoms with Gasteiger partial charge < -0.3 is 19.5 Å². The lowest BCUT2D eigenvalue weighted by Crippen LogP contribution is -2.09. The molecule has 0 saturated carbocycles. The van der Waals surface area contributed by atoms with Crippen LogP contribution in [0.3, 0.4) is 0 Å². The number of para-hydroxylation sites is 2. The van der Waals surface area contributed by atoms with Gasteiger partial charge in [-0.2, -0.15) is 5.26 Å². The first kappa shape index (κ1) is 23.6. The van der Waals surface area contributed by atoms with Gasteiger partial charge in [0.25, 0.3) is 0 Å². The molecular formula is C28H22N2O4S. The van der Waals surface area contributed by atoms with Crippen LogP contribution in [0.15, 0.2) is 90.5 Å². The fraction of sp³-hybridized carbons (Fsp3) is 0.0714. The predicted molar refractivity (Wildman–Crippen MR) is 139 cm³/mol. The Morgan fingerprint density at radius 1 is 0.857 bits per heavy atom. The monoisotopic (exact) mass is 482 g/mol. The average molecular weight is 483 g/mol. The van der Waals surface area contributed by atoms with Gasteiger partial charge in [-0.3, -0.25) is 0 Å². The highest BCUT2D eigenvalue weighted by Gasteiger charge is 2.22. The van der Waals surface area contributed by atoms with Crippen molar-refractivity contribution in [3.05, 3.63) is 95.4 Å². The number of methoxy groups -OCH3 is 2. The molecule has 4 aromatic rings. The average Bonchev–Trinajstić information content (AvgIpc) is 3.26. The maximum atomic E-state index is 11.3. The molecule has 0 unspecified atom stereocenters. The summed E-state index contributed by atoms with van der Waals surface area (Å²) in [6.45, 7) is 0. The Balaban J connectivity index is 1.78. The van der Waals surface area contributed by atoms with Crippen LogP contribution < -0.4 is 14.4 Å². The van der Waals surface area contributed by atoms with Crippen LogP contribution in [0.2, 0.25) is 0 Å². The van der Waals surface area contributed by atoms with Crippen molar-refractivity contribution in [2.24, 2.45) is 0 Å². The van der Waals surface area contributed by atoms with Crippen LogP contribution in [0.5, 0.6) is 11.5 Å². The predicted octanol–water partition coefficient (Wildman–Crippen LogP) is 6.89. The van der Waals surface area contributed by atoms with Gasteiger partial charge >= 0.3 is 5.97 Å². The van der Waals surface area contributed by atoms with Crippen LogP contribution in [-0.4, -0.2) is 25.3 Å². The molecule has 0 aliphatic rings. The number of rotatable bonds is 8. The summed E-state index contributed by atoms with van der Waals surface area (Å²) >= 11 is 1.30. The van der Waals surface area contributed by atoms with Crippen LogP contribution in [-0.2, 0) is 4.79 Å². The Labute approximate surface area is 207 Å². The van der Waals surface area contributed by atoms with Crippen LogP contribution in [0.25, 0.3) is 16.5 Å². The van der Waals surface area contributed by atoms with Gasteiger partial charge in [-0.1, -0.05) is 48.5 Å². The molecule has 1 aromatic heterocycles. The van der Waals surface area contributed by atoms with E-state index in [1.54, 1.807) is 6.07 Å². The fourth-order valence-electron chi connectivity index (χ4n) is 3.72. The molecule has 0 atom stereocenters. The van der Waals surface area contributed by atoms with Crippen LogP contribution >= 0.6 is 11.3 Å². The highest BCUT2D eigenvalue weighted by molar-refractivity contribution is 7.17. The lowest BCUT2D eigenvalue weighted by Gasteiger charge is -2.25. The molecule has 0 amide bonds. The molecule has 0 aliphatic carbocycles. The van der Waals surface area contributed by atoms with E-state index >= 15 is 0 Å². The van der Waals surface area contributed by atoms with E-state index < -0.39 is 5.97 Å². The molecule has 6 nitrogen and oxygen atoms in total. The quantitative estimate of drug-likeness (QED) is 0.217. The highest BCUT2D eigenvalue weighted by atomic mass is 32.1. The molecule has 1 heterocycles. The first-order valence-electron chi connectivity index (χ1n) is 10.7. The molecule has 0 radical (unpaired) electrons. The summed E-state index contributed by atoms with van der Waals surface area (Å²) in [5.74, 6) is -0.419. The van der Waals surface area contributed by atoms with Gasteiger partial charge in [0.1, 0.15) is 11.6 Å². The number of ether oxygens (including phenoxy) is 2. The number of nitrogens with zero attached hydrogens (tertiary/aromatic N) is 2. The summed E-state index contributed by atoms with van der Waals surface area (Å²) in [5, 5.41) is 18.4. The smallest absolute Gasteiger partial charge is 0.346 e. The van der Waals surface area contributed by atoms with E-state index in [1.165, 1.54) is 31.6 Å². The van der Waals surface area contributed by atoms with Gasteiger partial charge in [0.05, 0.1) is 24.0 Å². The van der Waals surface area contributed by atoms with E-state index in [1.807, 2.05) is 60.7 Å². The Kier molecular flexibility index (Phi) is 7.15. The summed E-state index contributed by atoms with van der Waals surface area (Å²) in [7, 11) is 3.02. The molecule has 0 saturated heterocycles. The second kappa shape index (κ2) is 10.6. The number of carbonyl (C=O) groups is 1. The standard InChI is InChI=1S/C28H22N2O4S/c1-33-25-24(17-20(18-29)28(31)32)35-27(26(25)34-2)19-13-15-23(16-14-19)30(21-9-5-3-6-10-21)22-11-7-4-8-12-22/h3-17H,1-2H3,(H,31,32). The van der Waals surface area contributed by atoms with Gasteiger partial charge in [0.15, 0.2) is 11.5 Å². The number of aliphatic carboxylic acids is 1. The fourth-order valence-corrected chi connectivity index (χ4v) is 4.91. The summed E-state index contributed by atoms with van der Waals surface area (Å²) in [4.78, 5) is 14.8. The third-order valence-corrected chi connectivity index (χ3v) is 6.45. The van der Waals surface area contributed by atoms with Crippen LogP contribution in [0.1, 0.15) is 4.88 Å². The number of nitriles is 1. The topological polar surface area (TPSA) is 82.8 Å². The number of hydrogen-bond acceptors (Lipinski definition) is 6. The largest absolute Gasteiger partial charge is 0.491 e. The minimum absolute atomic E-state index is 0.379. The molecule has 7 heteroatoms. The van der Waals surface area contributed by atoms with E-state index in [4.69, 9.17) is 9.47 Å². The molecule has 1 N–H and O–H groups in total. The van der Waals surface area contributed by atoms with Crippen LogP contribution in [0.4, 0.5) is 17.1 Å². The lowest BCUT2D eigenvalue weighted by atomic mass is 10.1. The van der Waals surface area contributed by atoms with Crippen molar-refractivity contribution in [1.29, 1.82) is 5.26 Å². The number of carboxylic acids is 1. The van der Waals surface area contributed by atoms with E-state index in [0.29, 0.717) is 16.4 Å². The Morgan fingerprint density at radius 2 is 1.37 bits per heavy atom. The summed E-state index contributed by atoms with van der Waals surface area (Å²) in [6, 6.07) is 29.9. The van der Waals surface area contributed by atoms with Crippen molar-refractivity contribution in [1.82, 2.24) is 0 Å². The van der Waals surface area contributed by atoms with Gasteiger partial charge in [0, 0.05) is 17.1 Å². The number of benzene rings is 3. The molecule has 0 spiro atoms. The minimum Gasteiger partial charge on any atom is -0.491 e. The lowest BCUT2D eigenvalue weighted by molar-refractivity contribution is -0.132. The Hall–Kier alpha value is -4.54. The SMILES string of the molecule is COc1c(C=C(C#N)C(=O)O)sc(-c2ccc(N(c3ccccc3)c3ccccc3)cc2)c1OC. The Morgan fingerprint density at radius 3 is 1.83 bits per heavy atom. The van der Waals surface area contributed by atoms with E-state index in [2.05, 4.69) is 29.2 Å². The number of hydrogen-bond donors (Lipinski definition) is 1. The van der Waals surface area contributed by atoms with Crippen LogP contribution in [0, 0.1) is 11.3 Å². The zero-order valence-corrected chi connectivity index (χ0v) is 20.0. The molecule has 3 aromatic carbocycles. The number of thiophene rings is 1. The molecule has 4 rings (SSSR count). The van der Waals surface area contributed by atoms with Crippen molar-refractivity contribution in [2.75, 3.05) is 19.1 Å². The van der Waals surface area contributed by atoms with E-state index in [-0.39, 0.29) is 5.57 Å². The van der Waals surface area contributed by atoms with Crippen molar-refractivity contribution in [3.63, 3.8) is 0 Å². The third kappa shape index (κ3) is 4.88. The second-order valence-electron chi connectivity index (χ2n) is 7.39. The maximum absolute atomic E-state index is 11.3. The van der Waals surface area contributed by atoms with Crippen molar-refractivity contribution in [2.45, 2.75) is 0 Å². The first-order valence-corrected chi connectivity index (χ1v) is 11.5. The van der Waals surface area contributed by atoms with Gasteiger partial charge in [-0.25, -0.2) is 4.79 Å². The van der Waals surface area contributed by atoms with Gasteiger partial charge in [-0.05, 0) is 48.0 Å². The summed E-state index contributed by atoms with van der Waals surface area (Å²) in [6.07, 6.45) is 1.30. The normalized spacial score (nSPS) is 10.9. The van der Waals surface area contributed by atoms with Crippen molar-refractivity contribution >= 4 is 40.4 Å². The van der Waals surface area contributed by atoms with E-state index in [9.17, 15) is 15.2 Å². The summed E-state index contributed by atoms with van der Waals surface area (Å²) in [5.41, 5.74) is 3.55. The molecular weight excluding hydrogens is 460 g/mol. The molecule has 35 heavy (non-hydrogen) atoms. The summed E-state index contributed by atoms with van der Waals surface area (Å²) < 4.78 is 11.1. The Bertz CT molecular complexity index is 1350. The van der Waals surface area contributed by atoms with Crippen molar-refractivity contribution < 1.29 is 19.4 Å². The minimum atomic E-state index is -1.30. The number of anilines is 3. The number of carboxylic acid groups (broad SMARTS) is 1. The first-order chi connectivity index (χ1) is 17.1. The highest BCUT2D eigenvalue weighted by Crippen LogP contribution is 2.49. The van der Waals surface area contributed by atoms with Gasteiger partial charge in [0.2, 0.25) is 0 Å². The van der Waals surface area contributed by atoms with Gasteiger partial charge in [-0.15, -0.1) is 11.3 Å². The molecule has 0 fully saturated rings. The van der Waals surface area contributed by atoms with Crippen molar-refractivity contribution in [3.8, 4) is 28.0 Å². The zero-order valence-electron chi connectivity index (χ0n) is 19.1. The zero-order chi connectivity index (χ0) is 24.8. The second-order valence-corrected chi connectivity index (χ2v) is 8.44. The maximum Gasteiger partial charge on any atom is 0.346 e. The van der Waals surface area contributed by atoms with E-state index in [0.717, 1.165) is 27.5 Å². The third-order valence-electron chi connectivity index (χ3n) is 5.30. The molecule has 174 valence electrons. The molecule has 0 bridgehead atoms. The molecule has 0 aliphatic heterocycles.